The predicted octanol–water partition coefficient (Wildman–Crippen LogP) is 9.34. The number of sulfonamides is 1. The summed E-state index contributed by atoms with van der Waals surface area (Å²) in [6.45, 7) is 5.73. The molecular formula is C50H60ClFN2O9S. The van der Waals surface area contributed by atoms with Crippen molar-refractivity contribution in [3.05, 3.63) is 130 Å². The zero-order valence-electron chi connectivity index (χ0n) is 37.6. The van der Waals surface area contributed by atoms with Crippen molar-refractivity contribution in [2.75, 3.05) is 59.6 Å². The summed E-state index contributed by atoms with van der Waals surface area (Å²) in [6.07, 6.45) is 3.39. The summed E-state index contributed by atoms with van der Waals surface area (Å²) in [7, 11) is 2.10. The molecule has 344 valence electrons. The third-order valence-corrected chi connectivity index (χ3v) is 16.0. The van der Waals surface area contributed by atoms with Crippen molar-refractivity contribution in [3.8, 4) is 17.2 Å². The van der Waals surface area contributed by atoms with Gasteiger partial charge in [-0.05, 0) is 128 Å². The summed E-state index contributed by atoms with van der Waals surface area (Å²) < 4.78 is 81.5. The molecule has 0 radical (unpaired) electrons. The SMILES string of the molecule is COC(=O)c1ccc2c(c1)N(C[C@@H]1CCO[C@H]1C(OC)/C(F)=C/C[C@H](C)[C@@H](C)S(=O)(=O)N(Cc1ccc(OC)cc1)Cc1ccc(OC)cc1)C[C@@]1(CCCc3cc(Cl)ccc31)CO2. The number of esters is 1. The molecule has 1 fully saturated rings. The van der Waals surface area contributed by atoms with Gasteiger partial charge in [0.25, 0.3) is 0 Å². The molecular weight excluding hydrogens is 859 g/mol. The van der Waals surface area contributed by atoms with Gasteiger partial charge in [-0.1, -0.05) is 48.9 Å². The number of aryl methyl sites for hydroxylation is 1. The van der Waals surface area contributed by atoms with Crippen LogP contribution in [-0.4, -0.2) is 90.9 Å². The predicted molar refractivity (Wildman–Crippen MR) is 247 cm³/mol. The molecule has 0 N–H and O–H groups in total. The maximum Gasteiger partial charge on any atom is 0.337 e. The molecule has 0 saturated carbocycles. The van der Waals surface area contributed by atoms with Gasteiger partial charge in [0.05, 0.1) is 50.5 Å². The largest absolute Gasteiger partial charge is 0.497 e. The van der Waals surface area contributed by atoms with Gasteiger partial charge in [-0.25, -0.2) is 17.6 Å². The highest BCUT2D eigenvalue weighted by Crippen LogP contribution is 2.46. The van der Waals surface area contributed by atoms with E-state index < -0.39 is 45.2 Å². The van der Waals surface area contributed by atoms with Crippen LogP contribution in [0.1, 0.15) is 72.1 Å². The van der Waals surface area contributed by atoms with Crippen LogP contribution in [0.3, 0.4) is 0 Å². The fraction of sp³-hybridized carbons (Fsp3) is 0.460. The van der Waals surface area contributed by atoms with Crippen LogP contribution in [0.15, 0.2) is 96.8 Å². The number of hydrogen-bond acceptors (Lipinski definition) is 10. The Balaban J connectivity index is 1.10. The summed E-state index contributed by atoms with van der Waals surface area (Å²) in [5.41, 5.74) is 4.81. The highest BCUT2D eigenvalue weighted by atomic mass is 35.5. The van der Waals surface area contributed by atoms with Crippen LogP contribution in [0.5, 0.6) is 17.2 Å². The lowest BCUT2D eigenvalue weighted by molar-refractivity contribution is -0.0322. The minimum Gasteiger partial charge on any atom is -0.497 e. The molecule has 3 aliphatic rings. The molecule has 64 heavy (non-hydrogen) atoms. The Hall–Kier alpha value is -4.66. The minimum absolute atomic E-state index is 0.144. The molecule has 0 amide bonds. The summed E-state index contributed by atoms with van der Waals surface area (Å²) in [5.74, 6) is 0.425. The van der Waals surface area contributed by atoms with Crippen LogP contribution >= 0.6 is 11.6 Å². The normalized spacial score (nSPS) is 21.3. The van der Waals surface area contributed by atoms with Gasteiger partial charge in [0, 0.05) is 56.3 Å². The minimum atomic E-state index is -3.90. The molecule has 4 aromatic carbocycles. The quantitative estimate of drug-likeness (QED) is 0.0951. The number of anilines is 1. The first-order chi connectivity index (χ1) is 30.8. The van der Waals surface area contributed by atoms with E-state index in [-0.39, 0.29) is 30.8 Å². The van der Waals surface area contributed by atoms with E-state index in [1.165, 1.54) is 35.7 Å². The number of halogens is 2. The average molecular weight is 920 g/mol. The zero-order chi connectivity index (χ0) is 45.6. The van der Waals surface area contributed by atoms with Gasteiger partial charge in [-0.3, -0.25) is 0 Å². The Morgan fingerprint density at radius 1 is 0.953 bits per heavy atom. The number of methoxy groups -OCH3 is 4. The molecule has 4 aromatic rings. The Kier molecular flexibility index (Phi) is 15.3. The van der Waals surface area contributed by atoms with Gasteiger partial charge < -0.3 is 33.3 Å². The van der Waals surface area contributed by atoms with Crippen LogP contribution in [0.4, 0.5) is 10.1 Å². The lowest BCUT2D eigenvalue weighted by Gasteiger charge is -2.41. The second-order valence-electron chi connectivity index (χ2n) is 17.3. The van der Waals surface area contributed by atoms with Crippen LogP contribution < -0.4 is 19.1 Å². The number of carbonyl (C=O) groups is 1. The molecule has 1 spiro atoms. The third kappa shape index (κ3) is 10.4. The maximum absolute atomic E-state index is 16.6. The monoisotopic (exact) mass is 918 g/mol. The molecule has 1 unspecified atom stereocenters. The highest BCUT2D eigenvalue weighted by Gasteiger charge is 2.45. The third-order valence-electron chi connectivity index (χ3n) is 13.4. The standard InChI is InChI=1S/C50H60ClFN2O9S/c1-33(34(2)64(56,57)54(28-35-10-16-41(58-3)17-11-35)29-36-12-18-42(59-4)19-13-36)9-21-44(52)48(60-5)47-39(23-25-62-47)30-53-31-50(24-7-8-37-26-40(51)15-20-43(37)50)32-63-46-22-14-38(27-45(46)53)49(55)61-6/h10-22,26-27,33-34,39,47-48H,7-9,23-25,28-32H2,1-6H3/b44-21-/t33-,34+,39-,47+,48?,50-/m0/s1. The van der Waals surface area contributed by atoms with E-state index in [9.17, 15) is 13.2 Å². The number of benzene rings is 4. The number of rotatable bonds is 17. The van der Waals surface area contributed by atoms with E-state index in [1.807, 2.05) is 79.7 Å². The molecule has 7 rings (SSSR count). The van der Waals surface area contributed by atoms with E-state index in [0.29, 0.717) is 60.6 Å². The van der Waals surface area contributed by atoms with E-state index in [4.69, 9.17) is 40.0 Å². The smallest absolute Gasteiger partial charge is 0.337 e. The Bertz CT molecular complexity index is 2330. The lowest BCUT2D eigenvalue weighted by atomic mass is 9.70. The lowest BCUT2D eigenvalue weighted by Crippen LogP contribution is -2.48. The first kappa shape index (κ1) is 47.3. The van der Waals surface area contributed by atoms with Crippen molar-refractivity contribution >= 4 is 33.3 Å². The number of fused-ring (bicyclic) bond motifs is 3. The van der Waals surface area contributed by atoms with Crippen molar-refractivity contribution in [2.24, 2.45) is 11.8 Å². The zero-order valence-corrected chi connectivity index (χ0v) is 39.1. The van der Waals surface area contributed by atoms with Crippen LogP contribution in [-0.2, 0) is 49.2 Å². The van der Waals surface area contributed by atoms with Crippen molar-refractivity contribution < 1.29 is 46.0 Å². The molecule has 6 atom stereocenters. The van der Waals surface area contributed by atoms with Crippen molar-refractivity contribution in [1.82, 2.24) is 4.31 Å². The van der Waals surface area contributed by atoms with Gasteiger partial charge in [0.15, 0.2) is 0 Å². The van der Waals surface area contributed by atoms with Gasteiger partial charge in [-0.2, -0.15) is 4.31 Å². The molecule has 1 saturated heterocycles. The Morgan fingerprint density at radius 3 is 2.25 bits per heavy atom. The van der Waals surface area contributed by atoms with Gasteiger partial charge in [0.2, 0.25) is 10.0 Å². The van der Waals surface area contributed by atoms with Crippen molar-refractivity contribution in [1.29, 1.82) is 0 Å². The van der Waals surface area contributed by atoms with Crippen LogP contribution in [0.2, 0.25) is 5.02 Å². The molecule has 2 heterocycles. The summed E-state index contributed by atoms with van der Waals surface area (Å²) in [5, 5.41) is -0.153. The second-order valence-corrected chi connectivity index (χ2v) is 20.1. The van der Waals surface area contributed by atoms with E-state index in [1.54, 1.807) is 27.2 Å². The van der Waals surface area contributed by atoms with Gasteiger partial charge >= 0.3 is 5.97 Å². The average Bonchev–Trinajstić information content (AvgIpc) is 3.70. The van der Waals surface area contributed by atoms with Crippen molar-refractivity contribution in [2.45, 2.75) is 81.9 Å². The molecule has 11 nitrogen and oxygen atoms in total. The molecule has 14 heteroatoms. The van der Waals surface area contributed by atoms with E-state index in [0.717, 1.165) is 36.1 Å². The number of hydrogen-bond donors (Lipinski definition) is 0. The van der Waals surface area contributed by atoms with Crippen LogP contribution in [0.25, 0.3) is 0 Å². The number of nitrogens with zero attached hydrogens (tertiary/aromatic N) is 2. The number of allylic oxidation sites excluding steroid dienone is 1. The fourth-order valence-electron chi connectivity index (χ4n) is 9.47. The van der Waals surface area contributed by atoms with Gasteiger partial charge in [-0.15, -0.1) is 0 Å². The molecule has 0 bridgehead atoms. The van der Waals surface area contributed by atoms with Crippen molar-refractivity contribution in [3.63, 3.8) is 0 Å². The number of carbonyl (C=O) groups excluding carboxylic acids is 1. The first-order valence-corrected chi connectivity index (χ1v) is 23.8. The first-order valence-electron chi connectivity index (χ1n) is 21.9. The number of ether oxygens (including phenoxy) is 6. The molecule has 1 aliphatic carbocycles. The topological polar surface area (TPSA) is 113 Å². The second kappa shape index (κ2) is 20.7. The highest BCUT2D eigenvalue weighted by molar-refractivity contribution is 7.89. The van der Waals surface area contributed by atoms with E-state index in [2.05, 4.69) is 11.0 Å². The summed E-state index contributed by atoms with van der Waals surface area (Å²) >= 11 is 6.47. The molecule has 0 aromatic heterocycles. The fourth-order valence-corrected chi connectivity index (χ4v) is 11.5. The maximum atomic E-state index is 16.6. The molecule has 2 aliphatic heterocycles. The van der Waals surface area contributed by atoms with Crippen LogP contribution in [0, 0.1) is 11.8 Å². The van der Waals surface area contributed by atoms with Gasteiger partial charge in [0.1, 0.15) is 29.2 Å². The van der Waals surface area contributed by atoms with E-state index >= 15 is 4.39 Å². The summed E-state index contributed by atoms with van der Waals surface area (Å²) in [6, 6.07) is 26.1. The Labute approximate surface area is 382 Å². The Morgan fingerprint density at radius 2 is 1.62 bits per heavy atom. The summed E-state index contributed by atoms with van der Waals surface area (Å²) in [4.78, 5) is 15.0.